The van der Waals surface area contributed by atoms with Gasteiger partial charge in [0.1, 0.15) is 5.65 Å². The van der Waals surface area contributed by atoms with Crippen LogP contribution >= 0.6 is 0 Å². The van der Waals surface area contributed by atoms with Crippen LogP contribution in [0.25, 0.3) is 11.0 Å². The summed E-state index contributed by atoms with van der Waals surface area (Å²) in [4.78, 5) is 23.4. The van der Waals surface area contributed by atoms with E-state index in [0.717, 1.165) is 35.8 Å². The third-order valence-corrected chi connectivity index (χ3v) is 4.75. The standard InChI is InChI=1S/C18H23N5O/c1-22(10-8-19)13-23(15-5-3-2-4-6-15)17-14(12-24)11-21-18-16(17)7-9-20-18/h7,9,11-12,15H,2-6,10,13H2,1H3,(H,20,21). The van der Waals surface area contributed by atoms with E-state index in [0.29, 0.717) is 24.8 Å². The molecule has 1 aliphatic rings. The number of nitrogens with one attached hydrogen (secondary N) is 1. The molecular formula is C18H23N5O. The number of aromatic amines is 1. The van der Waals surface area contributed by atoms with Crippen molar-refractivity contribution in [2.45, 2.75) is 38.1 Å². The summed E-state index contributed by atoms with van der Waals surface area (Å²) in [6.45, 7) is 0.990. The third kappa shape index (κ3) is 3.26. The van der Waals surface area contributed by atoms with Crippen molar-refractivity contribution in [2.75, 3.05) is 25.2 Å². The number of hydrogen-bond donors (Lipinski definition) is 1. The van der Waals surface area contributed by atoms with Crippen LogP contribution in [-0.4, -0.2) is 47.5 Å². The SMILES string of the molecule is CN(CC#N)CN(c1c(C=O)cnc2[nH]ccc12)C1CCCCC1. The third-order valence-electron chi connectivity index (χ3n) is 4.75. The fraction of sp³-hybridized carbons (Fsp3) is 0.500. The van der Waals surface area contributed by atoms with E-state index in [2.05, 4.69) is 20.9 Å². The highest BCUT2D eigenvalue weighted by Crippen LogP contribution is 2.34. The minimum atomic E-state index is 0.362. The van der Waals surface area contributed by atoms with E-state index >= 15 is 0 Å². The lowest BCUT2D eigenvalue weighted by Gasteiger charge is -2.39. The second-order valence-corrected chi connectivity index (χ2v) is 6.50. The average Bonchev–Trinajstić information content (AvgIpc) is 3.08. The molecule has 0 saturated heterocycles. The summed E-state index contributed by atoms with van der Waals surface area (Å²) < 4.78 is 0. The van der Waals surface area contributed by atoms with Gasteiger partial charge >= 0.3 is 0 Å². The molecule has 2 heterocycles. The number of aromatic nitrogens is 2. The van der Waals surface area contributed by atoms with Crippen LogP contribution in [-0.2, 0) is 0 Å². The van der Waals surface area contributed by atoms with Gasteiger partial charge in [-0.1, -0.05) is 19.3 Å². The van der Waals surface area contributed by atoms with Crippen LogP contribution in [0.2, 0.25) is 0 Å². The molecule has 1 aliphatic carbocycles. The molecule has 1 N–H and O–H groups in total. The Bertz CT molecular complexity index is 741. The monoisotopic (exact) mass is 325 g/mol. The highest BCUT2D eigenvalue weighted by atomic mass is 16.1. The van der Waals surface area contributed by atoms with Gasteiger partial charge < -0.3 is 9.88 Å². The molecule has 126 valence electrons. The number of H-pyrrole nitrogens is 1. The van der Waals surface area contributed by atoms with Gasteiger partial charge in [-0.05, 0) is 26.0 Å². The Morgan fingerprint density at radius 2 is 2.21 bits per heavy atom. The maximum atomic E-state index is 11.6. The molecule has 1 fully saturated rings. The normalized spacial score (nSPS) is 15.5. The molecule has 0 radical (unpaired) electrons. The summed E-state index contributed by atoms with van der Waals surface area (Å²) in [5.74, 6) is 0. The number of carbonyl (C=O) groups is 1. The van der Waals surface area contributed by atoms with Gasteiger partial charge in [0.15, 0.2) is 6.29 Å². The maximum Gasteiger partial charge on any atom is 0.153 e. The Kier molecular flexibility index (Phi) is 5.11. The fourth-order valence-electron chi connectivity index (χ4n) is 3.61. The van der Waals surface area contributed by atoms with Gasteiger partial charge in [-0.15, -0.1) is 0 Å². The predicted molar refractivity (Wildman–Crippen MR) is 93.9 cm³/mol. The molecule has 1 saturated carbocycles. The number of carbonyl (C=O) groups excluding carboxylic acids is 1. The van der Waals surface area contributed by atoms with Crippen LogP contribution < -0.4 is 4.90 Å². The van der Waals surface area contributed by atoms with E-state index in [-0.39, 0.29) is 0 Å². The minimum absolute atomic E-state index is 0.362. The number of nitriles is 1. The molecule has 24 heavy (non-hydrogen) atoms. The molecule has 0 aliphatic heterocycles. The van der Waals surface area contributed by atoms with E-state index < -0.39 is 0 Å². The van der Waals surface area contributed by atoms with E-state index in [9.17, 15) is 4.79 Å². The first-order valence-electron chi connectivity index (χ1n) is 8.48. The zero-order valence-corrected chi connectivity index (χ0v) is 14.0. The molecule has 0 aromatic carbocycles. The molecule has 0 amide bonds. The molecule has 2 aromatic heterocycles. The molecule has 0 atom stereocenters. The smallest absolute Gasteiger partial charge is 0.153 e. The topological polar surface area (TPSA) is 76.0 Å². The Labute approximate surface area is 142 Å². The van der Waals surface area contributed by atoms with Crippen molar-refractivity contribution in [2.24, 2.45) is 0 Å². The number of aldehydes is 1. The summed E-state index contributed by atoms with van der Waals surface area (Å²) in [7, 11) is 1.94. The first kappa shape index (κ1) is 16.5. The molecule has 2 aromatic rings. The second kappa shape index (κ2) is 7.45. The Hall–Kier alpha value is -2.39. The van der Waals surface area contributed by atoms with Crippen LogP contribution in [0, 0.1) is 11.3 Å². The van der Waals surface area contributed by atoms with Crippen molar-refractivity contribution in [1.29, 1.82) is 5.26 Å². The van der Waals surface area contributed by atoms with Gasteiger partial charge in [0.2, 0.25) is 0 Å². The van der Waals surface area contributed by atoms with E-state index in [1.807, 2.05) is 24.2 Å². The number of fused-ring (bicyclic) bond motifs is 1. The van der Waals surface area contributed by atoms with Gasteiger partial charge in [-0.25, -0.2) is 4.98 Å². The molecule has 0 bridgehead atoms. The number of rotatable bonds is 6. The van der Waals surface area contributed by atoms with E-state index in [1.165, 1.54) is 19.3 Å². The maximum absolute atomic E-state index is 11.6. The fourth-order valence-corrected chi connectivity index (χ4v) is 3.61. The van der Waals surface area contributed by atoms with Crippen molar-refractivity contribution in [3.63, 3.8) is 0 Å². The lowest BCUT2D eigenvalue weighted by molar-refractivity contribution is 0.112. The minimum Gasteiger partial charge on any atom is -0.354 e. The van der Waals surface area contributed by atoms with Crippen molar-refractivity contribution in [3.05, 3.63) is 24.0 Å². The molecule has 6 heteroatoms. The summed E-state index contributed by atoms with van der Waals surface area (Å²) in [6.07, 6.45) is 10.3. The van der Waals surface area contributed by atoms with Crippen LogP contribution in [0.15, 0.2) is 18.5 Å². The van der Waals surface area contributed by atoms with Crippen LogP contribution in [0.4, 0.5) is 5.69 Å². The quantitative estimate of drug-likeness (QED) is 0.502. The number of hydrogen-bond acceptors (Lipinski definition) is 5. The molecule has 0 spiro atoms. The zero-order chi connectivity index (χ0) is 16.9. The number of pyridine rings is 1. The van der Waals surface area contributed by atoms with Crippen molar-refractivity contribution in [1.82, 2.24) is 14.9 Å². The zero-order valence-electron chi connectivity index (χ0n) is 14.0. The summed E-state index contributed by atoms with van der Waals surface area (Å²) in [5.41, 5.74) is 2.34. The molecular weight excluding hydrogens is 302 g/mol. The summed E-state index contributed by atoms with van der Waals surface area (Å²) in [6, 6.07) is 4.56. The van der Waals surface area contributed by atoms with Crippen LogP contribution in [0.5, 0.6) is 0 Å². The first-order chi connectivity index (χ1) is 11.7. The summed E-state index contributed by atoms with van der Waals surface area (Å²) in [5, 5.41) is 9.96. The first-order valence-corrected chi connectivity index (χ1v) is 8.48. The average molecular weight is 325 g/mol. The number of nitrogens with zero attached hydrogens (tertiary/aromatic N) is 4. The van der Waals surface area contributed by atoms with Gasteiger partial charge in [0.05, 0.1) is 30.5 Å². The Balaban J connectivity index is 2.05. The lowest BCUT2D eigenvalue weighted by atomic mass is 9.93. The van der Waals surface area contributed by atoms with E-state index in [4.69, 9.17) is 5.26 Å². The lowest BCUT2D eigenvalue weighted by Crippen LogP contribution is -2.44. The van der Waals surface area contributed by atoms with Gasteiger partial charge in [0.25, 0.3) is 0 Å². The highest BCUT2D eigenvalue weighted by Gasteiger charge is 2.26. The highest BCUT2D eigenvalue weighted by molar-refractivity contribution is 5.99. The Morgan fingerprint density at radius 1 is 1.42 bits per heavy atom. The van der Waals surface area contributed by atoms with Crippen LogP contribution in [0.1, 0.15) is 42.5 Å². The predicted octanol–water partition coefficient (Wildman–Crippen LogP) is 2.93. The van der Waals surface area contributed by atoms with Crippen molar-refractivity contribution >= 4 is 23.0 Å². The molecule has 0 unspecified atom stereocenters. The second-order valence-electron chi connectivity index (χ2n) is 6.50. The summed E-state index contributed by atoms with van der Waals surface area (Å²) >= 11 is 0. The van der Waals surface area contributed by atoms with Crippen molar-refractivity contribution in [3.8, 4) is 6.07 Å². The van der Waals surface area contributed by atoms with Gasteiger partial charge in [0, 0.05) is 23.8 Å². The van der Waals surface area contributed by atoms with Crippen LogP contribution in [0.3, 0.4) is 0 Å². The molecule has 6 nitrogen and oxygen atoms in total. The molecule has 3 rings (SSSR count). The van der Waals surface area contributed by atoms with E-state index in [1.54, 1.807) is 6.20 Å². The van der Waals surface area contributed by atoms with Gasteiger partial charge in [-0.2, -0.15) is 5.26 Å². The number of anilines is 1. The Morgan fingerprint density at radius 3 is 2.92 bits per heavy atom. The van der Waals surface area contributed by atoms with Crippen molar-refractivity contribution < 1.29 is 4.79 Å². The van der Waals surface area contributed by atoms with Gasteiger partial charge in [-0.3, -0.25) is 9.69 Å². The largest absolute Gasteiger partial charge is 0.354 e.